The molecule has 0 bridgehead atoms. The molecule has 1 fully saturated rings. The van der Waals surface area contributed by atoms with Crippen LogP contribution in [-0.4, -0.2) is 34.3 Å². The van der Waals surface area contributed by atoms with E-state index in [4.69, 9.17) is 23.2 Å². The zero-order valence-electron chi connectivity index (χ0n) is 13.6. The van der Waals surface area contributed by atoms with Crippen LogP contribution >= 0.6 is 23.2 Å². The largest absolute Gasteiger partial charge is 0.327 e. The highest BCUT2D eigenvalue weighted by Gasteiger charge is 2.34. The second-order valence-corrected chi connectivity index (χ2v) is 6.75. The van der Waals surface area contributed by atoms with E-state index >= 15 is 0 Å². The second-order valence-electron chi connectivity index (χ2n) is 5.94. The van der Waals surface area contributed by atoms with Gasteiger partial charge in [-0.3, -0.25) is 9.59 Å². The van der Waals surface area contributed by atoms with Gasteiger partial charge in [0, 0.05) is 17.8 Å². The molecule has 1 N–H and O–H groups in total. The Hall–Kier alpha value is -2.11. The van der Waals surface area contributed by atoms with Crippen molar-refractivity contribution >= 4 is 40.8 Å². The summed E-state index contributed by atoms with van der Waals surface area (Å²) in [4.78, 5) is 31.2. The Labute approximate surface area is 155 Å². The lowest BCUT2D eigenvalue weighted by atomic mass is 10.1. The summed E-state index contributed by atoms with van der Waals surface area (Å²) >= 11 is 11.9. The maximum atomic E-state index is 12.8. The van der Waals surface area contributed by atoms with Gasteiger partial charge in [0.15, 0.2) is 0 Å². The first kappa shape index (κ1) is 17.7. The van der Waals surface area contributed by atoms with Crippen LogP contribution in [0.25, 0.3) is 0 Å². The first-order valence-corrected chi connectivity index (χ1v) is 8.72. The van der Waals surface area contributed by atoms with Crippen LogP contribution in [0.5, 0.6) is 0 Å². The van der Waals surface area contributed by atoms with Gasteiger partial charge in [-0.15, -0.1) is 0 Å². The summed E-state index contributed by atoms with van der Waals surface area (Å²) in [6, 6.07) is 9.61. The molecule has 7 heteroatoms. The topological polar surface area (TPSA) is 62.3 Å². The molecule has 1 saturated heterocycles. The lowest BCUT2D eigenvalue weighted by Crippen LogP contribution is -2.43. The van der Waals surface area contributed by atoms with Crippen molar-refractivity contribution in [2.24, 2.45) is 0 Å². The number of halogens is 2. The molecule has 0 aliphatic carbocycles. The van der Waals surface area contributed by atoms with Gasteiger partial charge in [0.05, 0.1) is 10.0 Å². The number of carbonyl (C=O) groups excluding carboxylic acids is 2. The van der Waals surface area contributed by atoms with Gasteiger partial charge in [-0.25, -0.2) is 4.98 Å². The SMILES string of the molecule is Cc1cccc(NC(=O)[C@H]2CCCN2C(=O)c2ccc(Cl)c(Cl)c2)n1. The molecule has 3 rings (SSSR count). The Bertz CT molecular complexity index is 826. The van der Waals surface area contributed by atoms with Crippen LogP contribution in [0.1, 0.15) is 28.9 Å². The molecule has 5 nitrogen and oxygen atoms in total. The molecule has 0 saturated carbocycles. The van der Waals surface area contributed by atoms with Gasteiger partial charge in [0.25, 0.3) is 5.91 Å². The van der Waals surface area contributed by atoms with E-state index < -0.39 is 6.04 Å². The number of anilines is 1. The molecule has 1 aliphatic heterocycles. The summed E-state index contributed by atoms with van der Waals surface area (Å²) < 4.78 is 0. The fraction of sp³-hybridized carbons (Fsp3) is 0.278. The van der Waals surface area contributed by atoms with Crippen LogP contribution in [0.15, 0.2) is 36.4 Å². The van der Waals surface area contributed by atoms with Crippen molar-refractivity contribution in [3.8, 4) is 0 Å². The van der Waals surface area contributed by atoms with E-state index in [1.807, 2.05) is 19.1 Å². The number of amides is 2. The van der Waals surface area contributed by atoms with Crippen LogP contribution in [0.4, 0.5) is 5.82 Å². The lowest BCUT2D eigenvalue weighted by Gasteiger charge is -2.24. The van der Waals surface area contributed by atoms with E-state index in [1.165, 1.54) is 6.07 Å². The van der Waals surface area contributed by atoms with E-state index in [-0.39, 0.29) is 11.8 Å². The molecule has 1 aromatic heterocycles. The minimum Gasteiger partial charge on any atom is -0.327 e. The highest BCUT2D eigenvalue weighted by Crippen LogP contribution is 2.26. The molecular weight excluding hydrogens is 361 g/mol. The van der Waals surface area contributed by atoms with Crippen molar-refractivity contribution in [3.63, 3.8) is 0 Å². The number of aromatic nitrogens is 1. The smallest absolute Gasteiger partial charge is 0.254 e. The first-order chi connectivity index (χ1) is 12.0. The average molecular weight is 378 g/mol. The zero-order chi connectivity index (χ0) is 18.0. The molecule has 2 aromatic rings. The number of nitrogens with zero attached hydrogens (tertiary/aromatic N) is 2. The summed E-state index contributed by atoms with van der Waals surface area (Å²) in [7, 11) is 0. The molecule has 25 heavy (non-hydrogen) atoms. The van der Waals surface area contributed by atoms with Gasteiger partial charge >= 0.3 is 0 Å². The molecule has 1 aliphatic rings. The minimum atomic E-state index is -0.524. The quantitative estimate of drug-likeness (QED) is 0.880. The summed E-state index contributed by atoms with van der Waals surface area (Å²) in [5.74, 6) is 0.0243. The zero-order valence-corrected chi connectivity index (χ0v) is 15.1. The predicted molar refractivity (Wildman–Crippen MR) is 98.1 cm³/mol. The lowest BCUT2D eigenvalue weighted by molar-refractivity contribution is -0.119. The van der Waals surface area contributed by atoms with E-state index in [0.29, 0.717) is 34.4 Å². The molecule has 0 radical (unpaired) electrons. The molecular formula is C18H17Cl2N3O2. The Morgan fingerprint density at radius 3 is 2.72 bits per heavy atom. The van der Waals surface area contributed by atoms with E-state index in [2.05, 4.69) is 10.3 Å². The minimum absolute atomic E-state index is 0.228. The molecule has 1 aromatic carbocycles. The fourth-order valence-corrected chi connectivity index (χ4v) is 3.20. The van der Waals surface area contributed by atoms with Crippen LogP contribution < -0.4 is 5.32 Å². The van der Waals surface area contributed by atoms with Gasteiger partial charge in [-0.2, -0.15) is 0 Å². The monoisotopic (exact) mass is 377 g/mol. The van der Waals surface area contributed by atoms with Crippen LogP contribution in [0.2, 0.25) is 10.0 Å². The maximum absolute atomic E-state index is 12.8. The van der Waals surface area contributed by atoms with Gasteiger partial charge in [-0.1, -0.05) is 29.3 Å². The Morgan fingerprint density at radius 2 is 2.00 bits per heavy atom. The third-order valence-corrected chi connectivity index (χ3v) is 4.86. The Balaban J connectivity index is 1.76. The molecule has 130 valence electrons. The first-order valence-electron chi connectivity index (χ1n) is 7.96. The van der Waals surface area contributed by atoms with E-state index in [0.717, 1.165) is 12.1 Å². The van der Waals surface area contributed by atoms with Crippen molar-refractivity contribution in [2.45, 2.75) is 25.8 Å². The van der Waals surface area contributed by atoms with Gasteiger partial charge in [0.2, 0.25) is 5.91 Å². The Morgan fingerprint density at radius 1 is 1.20 bits per heavy atom. The normalized spacial score (nSPS) is 16.8. The van der Waals surface area contributed by atoms with Crippen LogP contribution in [-0.2, 0) is 4.79 Å². The fourth-order valence-electron chi connectivity index (χ4n) is 2.90. The second kappa shape index (κ2) is 7.42. The standard InChI is InChI=1S/C18H17Cl2N3O2/c1-11-4-2-6-16(21-11)22-17(24)15-5-3-9-23(15)18(25)12-7-8-13(19)14(20)10-12/h2,4,6-8,10,15H,3,5,9H2,1H3,(H,21,22,24)/t15-/m1/s1. The van der Waals surface area contributed by atoms with Crippen molar-refractivity contribution in [1.29, 1.82) is 0 Å². The van der Waals surface area contributed by atoms with Gasteiger partial charge in [0.1, 0.15) is 11.9 Å². The maximum Gasteiger partial charge on any atom is 0.254 e. The molecule has 0 spiro atoms. The van der Waals surface area contributed by atoms with Crippen LogP contribution in [0, 0.1) is 6.92 Å². The number of nitrogens with one attached hydrogen (secondary N) is 1. The van der Waals surface area contributed by atoms with E-state index in [9.17, 15) is 9.59 Å². The van der Waals surface area contributed by atoms with Crippen molar-refractivity contribution in [2.75, 3.05) is 11.9 Å². The summed E-state index contributed by atoms with van der Waals surface area (Å²) in [6.45, 7) is 2.38. The van der Waals surface area contributed by atoms with Gasteiger partial charge in [-0.05, 0) is 50.1 Å². The number of pyridine rings is 1. The number of benzene rings is 1. The number of aryl methyl sites for hydroxylation is 1. The van der Waals surface area contributed by atoms with Crippen molar-refractivity contribution in [3.05, 3.63) is 57.7 Å². The number of hydrogen-bond donors (Lipinski definition) is 1. The Kier molecular flexibility index (Phi) is 5.25. The van der Waals surface area contributed by atoms with E-state index in [1.54, 1.807) is 23.1 Å². The van der Waals surface area contributed by atoms with Crippen molar-refractivity contribution < 1.29 is 9.59 Å². The number of carbonyl (C=O) groups is 2. The predicted octanol–water partition coefficient (Wildman–Crippen LogP) is 3.94. The third-order valence-electron chi connectivity index (χ3n) is 4.12. The van der Waals surface area contributed by atoms with Gasteiger partial charge < -0.3 is 10.2 Å². The molecule has 2 amide bonds. The highest BCUT2D eigenvalue weighted by molar-refractivity contribution is 6.42. The summed E-state index contributed by atoms with van der Waals surface area (Å²) in [5, 5.41) is 3.50. The average Bonchev–Trinajstić information content (AvgIpc) is 3.06. The molecule has 1 atom stereocenters. The van der Waals surface area contributed by atoms with Crippen molar-refractivity contribution in [1.82, 2.24) is 9.88 Å². The third kappa shape index (κ3) is 3.94. The van der Waals surface area contributed by atoms with Crippen LogP contribution in [0.3, 0.4) is 0 Å². The number of hydrogen-bond acceptors (Lipinski definition) is 3. The number of rotatable bonds is 3. The molecule has 2 heterocycles. The molecule has 0 unspecified atom stereocenters. The summed E-state index contributed by atoms with van der Waals surface area (Å²) in [5.41, 5.74) is 1.23. The summed E-state index contributed by atoms with van der Waals surface area (Å²) in [6.07, 6.45) is 1.39. The number of likely N-dealkylation sites (tertiary alicyclic amines) is 1. The highest BCUT2D eigenvalue weighted by atomic mass is 35.5.